The molecule has 0 spiro atoms. The van der Waals surface area contributed by atoms with Gasteiger partial charge in [-0.3, -0.25) is 4.79 Å². The van der Waals surface area contributed by atoms with Crippen LogP contribution in [0.2, 0.25) is 0 Å². The highest BCUT2D eigenvalue weighted by Crippen LogP contribution is 2.23. The number of benzene rings is 2. The quantitative estimate of drug-likeness (QED) is 0.779. The van der Waals surface area contributed by atoms with Gasteiger partial charge in [-0.15, -0.1) is 0 Å². The molecule has 0 fully saturated rings. The molecule has 1 amide bonds. The molecule has 0 aliphatic heterocycles. The van der Waals surface area contributed by atoms with Crippen LogP contribution in [-0.4, -0.2) is 25.7 Å². The lowest BCUT2D eigenvalue weighted by Gasteiger charge is -2.13. The summed E-state index contributed by atoms with van der Waals surface area (Å²) in [6.07, 6.45) is 0. The Morgan fingerprint density at radius 3 is 2.40 bits per heavy atom. The summed E-state index contributed by atoms with van der Waals surface area (Å²) >= 11 is 0. The molecule has 0 radical (unpaired) electrons. The molecule has 2 aromatic rings. The van der Waals surface area contributed by atoms with Crippen LogP contribution in [0.1, 0.15) is 27.8 Å². The number of hydrogen-bond acceptors (Lipinski definition) is 3. The number of amides is 1. The van der Waals surface area contributed by atoms with Crippen molar-refractivity contribution in [3.8, 4) is 11.5 Å². The molecule has 0 saturated heterocycles. The van der Waals surface area contributed by atoms with Crippen LogP contribution in [0.15, 0.2) is 30.3 Å². The Kier molecular flexibility index (Phi) is 6.45. The van der Waals surface area contributed by atoms with E-state index in [1.54, 1.807) is 0 Å². The summed E-state index contributed by atoms with van der Waals surface area (Å²) in [4.78, 5) is 11.9. The Morgan fingerprint density at radius 1 is 0.920 bits per heavy atom. The lowest BCUT2D eigenvalue weighted by Crippen LogP contribution is -2.32. The van der Waals surface area contributed by atoms with Crippen LogP contribution < -0.4 is 14.8 Å². The standard InChI is InChI=1S/C21H27NO3/c1-14-10-17(4)18(5)20(11-14)25-13-21(23)22-8-9-24-19-7-6-15(2)16(3)12-19/h6-7,10-12H,8-9,13H2,1-5H3,(H,22,23). The molecule has 0 heterocycles. The smallest absolute Gasteiger partial charge is 0.258 e. The number of nitrogens with one attached hydrogen (secondary N) is 1. The second kappa shape index (κ2) is 8.56. The Labute approximate surface area is 150 Å². The summed E-state index contributed by atoms with van der Waals surface area (Å²) in [5.74, 6) is 1.43. The molecule has 0 saturated carbocycles. The number of ether oxygens (including phenoxy) is 2. The third-order valence-electron chi connectivity index (χ3n) is 4.29. The highest BCUT2D eigenvalue weighted by molar-refractivity contribution is 5.77. The first kappa shape index (κ1) is 18.8. The van der Waals surface area contributed by atoms with Gasteiger partial charge < -0.3 is 14.8 Å². The second-order valence-electron chi connectivity index (χ2n) is 6.44. The Bertz CT molecular complexity index is 753. The van der Waals surface area contributed by atoms with Crippen LogP contribution in [-0.2, 0) is 4.79 Å². The molecule has 2 rings (SSSR count). The Balaban J connectivity index is 1.73. The molecule has 25 heavy (non-hydrogen) atoms. The van der Waals surface area contributed by atoms with Crippen molar-refractivity contribution in [2.45, 2.75) is 34.6 Å². The van der Waals surface area contributed by atoms with E-state index in [0.717, 1.165) is 28.2 Å². The number of carbonyl (C=O) groups excluding carboxylic acids is 1. The summed E-state index contributed by atoms with van der Waals surface area (Å²) in [5, 5.41) is 2.81. The zero-order chi connectivity index (χ0) is 18.4. The molecule has 4 heteroatoms. The van der Waals surface area contributed by atoms with Crippen LogP contribution in [0.4, 0.5) is 0 Å². The van der Waals surface area contributed by atoms with Gasteiger partial charge >= 0.3 is 0 Å². The van der Waals surface area contributed by atoms with E-state index in [9.17, 15) is 4.79 Å². The lowest BCUT2D eigenvalue weighted by molar-refractivity contribution is -0.123. The van der Waals surface area contributed by atoms with Gasteiger partial charge in [-0.25, -0.2) is 0 Å². The molecule has 4 nitrogen and oxygen atoms in total. The third kappa shape index (κ3) is 5.52. The largest absolute Gasteiger partial charge is 0.492 e. The van der Waals surface area contributed by atoms with Crippen LogP contribution in [0.25, 0.3) is 0 Å². The van der Waals surface area contributed by atoms with Gasteiger partial charge in [-0.2, -0.15) is 0 Å². The summed E-state index contributed by atoms with van der Waals surface area (Å²) in [5.41, 5.74) is 5.78. The highest BCUT2D eigenvalue weighted by atomic mass is 16.5. The van der Waals surface area contributed by atoms with Crippen LogP contribution >= 0.6 is 0 Å². The highest BCUT2D eigenvalue weighted by Gasteiger charge is 2.07. The minimum atomic E-state index is -0.151. The minimum Gasteiger partial charge on any atom is -0.492 e. The molecule has 0 aromatic heterocycles. The van der Waals surface area contributed by atoms with Gasteiger partial charge in [0.15, 0.2) is 6.61 Å². The van der Waals surface area contributed by atoms with Crippen LogP contribution in [0.3, 0.4) is 0 Å². The molecule has 0 unspecified atom stereocenters. The topological polar surface area (TPSA) is 47.6 Å². The number of rotatable bonds is 7. The maximum Gasteiger partial charge on any atom is 0.258 e. The molecule has 2 aromatic carbocycles. The zero-order valence-corrected chi connectivity index (χ0v) is 15.7. The molecule has 0 aliphatic rings. The molecule has 0 bridgehead atoms. The average molecular weight is 341 g/mol. The van der Waals surface area contributed by atoms with E-state index < -0.39 is 0 Å². The lowest BCUT2D eigenvalue weighted by atomic mass is 10.1. The minimum absolute atomic E-state index is 0.00731. The first-order chi connectivity index (χ1) is 11.9. The maximum atomic E-state index is 11.9. The first-order valence-corrected chi connectivity index (χ1v) is 8.54. The molecule has 0 atom stereocenters. The van der Waals surface area contributed by atoms with Crippen molar-refractivity contribution in [1.29, 1.82) is 0 Å². The predicted octanol–water partition coefficient (Wildman–Crippen LogP) is 3.80. The maximum absolute atomic E-state index is 11.9. The van der Waals surface area contributed by atoms with Gasteiger partial charge in [0.25, 0.3) is 5.91 Å². The molecular formula is C21H27NO3. The molecule has 0 aliphatic carbocycles. The fourth-order valence-corrected chi connectivity index (χ4v) is 2.51. The van der Waals surface area contributed by atoms with Crippen molar-refractivity contribution in [1.82, 2.24) is 5.32 Å². The van der Waals surface area contributed by atoms with Crippen molar-refractivity contribution < 1.29 is 14.3 Å². The summed E-state index contributed by atoms with van der Waals surface area (Å²) < 4.78 is 11.3. The van der Waals surface area contributed by atoms with Gasteiger partial charge in [-0.05, 0) is 80.6 Å². The molecule has 1 N–H and O–H groups in total. The van der Waals surface area contributed by atoms with Gasteiger partial charge in [0.05, 0.1) is 6.54 Å². The van der Waals surface area contributed by atoms with E-state index in [0.29, 0.717) is 13.2 Å². The van der Waals surface area contributed by atoms with E-state index in [4.69, 9.17) is 9.47 Å². The number of aryl methyl sites for hydroxylation is 4. The fraction of sp³-hybridized carbons (Fsp3) is 0.381. The van der Waals surface area contributed by atoms with E-state index in [1.165, 1.54) is 11.1 Å². The third-order valence-corrected chi connectivity index (χ3v) is 4.29. The SMILES string of the molecule is Cc1cc(C)c(C)c(OCC(=O)NCCOc2ccc(C)c(C)c2)c1. The van der Waals surface area contributed by atoms with Gasteiger partial charge in [0, 0.05) is 0 Å². The first-order valence-electron chi connectivity index (χ1n) is 8.54. The van der Waals surface area contributed by atoms with Gasteiger partial charge in [-0.1, -0.05) is 12.1 Å². The fourth-order valence-electron chi connectivity index (χ4n) is 2.51. The van der Waals surface area contributed by atoms with Crippen molar-refractivity contribution in [3.63, 3.8) is 0 Å². The number of hydrogen-bond donors (Lipinski definition) is 1. The van der Waals surface area contributed by atoms with Crippen molar-refractivity contribution in [2.75, 3.05) is 19.8 Å². The normalized spacial score (nSPS) is 10.4. The molecule has 134 valence electrons. The predicted molar refractivity (Wildman–Crippen MR) is 101 cm³/mol. The summed E-state index contributed by atoms with van der Waals surface area (Å²) in [6.45, 7) is 11.1. The summed E-state index contributed by atoms with van der Waals surface area (Å²) in [7, 11) is 0. The zero-order valence-electron chi connectivity index (χ0n) is 15.7. The van der Waals surface area contributed by atoms with E-state index in [1.807, 2.05) is 45.0 Å². The van der Waals surface area contributed by atoms with E-state index in [2.05, 4.69) is 25.2 Å². The average Bonchev–Trinajstić information content (AvgIpc) is 2.56. The monoisotopic (exact) mass is 341 g/mol. The van der Waals surface area contributed by atoms with Crippen molar-refractivity contribution >= 4 is 5.91 Å². The number of carbonyl (C=O) groups is 1. The van der Waals surface area contributed by atoms with E-state index in [-0.39, 0.29) is 12.5 Å². The van der Waals surface area contributed by atoms with Gasteiger partial charge in [0.2, 0.25) is 0 Å². The van der Waals surface area contributed by atoms with Gasteiger partial charge in [0.1, 0.15) is 18.1 Å². The molecular weight excluding hydrogens is 314 g/mol. The van der Waals surface area contributed by atoms with Crippen molar-refractivity contribution in [3.05, 3.63) is 58.1 Å². The Morgan fingerprint density at radius 2 is 1.68 bits per heavy atom. The van der Waals surface area contributed by atoms with Crippen LogP contribution in [0, 0.1) is 34.6 Å². The van der Waals surface area contributed by atoms with Crippen LogP contribution in [0.5, 0.6) is 11.5 Å². The Hall–Kier alpha value is -2.49. The summed E-state index contributed by atoms with van der Waals surface area (Å²) in [6, 6.07) is 10.0. The second-order valence-corrected chi connectivity index (χ2v) is 6.44. The van der Waals surface area contributed by atoms with E-state index >= 15 is 0 Å². The van der Waals surface area contributed by atoms with Crippen molar-refractivity contribution in [2.24, 2.45) is 0 Å².